The number of methoxy groups -OCH3 is 1. The molecule has 1 aromatic rings. The summed E-state index contributed by atoms with van der Waals surface area (Å²) in [5.41, 5.74) is 6.00. The van der Waals surface area contributed by atoms with E-state index in [0.717, 1.165) is 37.9 Å². The van der Waals surface area contributed by atoms with Gasteiger partial charge in [-0.3, -0.25) is 9.69 Å². The molecule has 1 aromatic carbocycles. The number of likely N-dealkylation sites (tertiary alicyclic amines) is 1. The van der Waals surface area contributed by atoms with E-state index in [4.69, 9.17) is 14.0 Å². The second-order valence-corrected chi connectivity index (χ2v) is 9.65. The SMILES string of the molecule is COC(=O)C1CN(CC2=C(C)c3ccc(B4OC(C)(C)C(C)(C)O4)cc3CC2)C1. The minimum Gasteiger partial charge on any atom is -0.469 e. The number of rotatable bonds is 4. The number of carbonyl (C=O) groups excluding carboxylic acids is 1. The Morgan fingerprint density at radius 2 is 1.83 bits per heavy atom. The van der Waals surface area contributed by atoms with E-state index in [2.05, 4.69) is 57.7 Å². The van der Waals surface area contributed by atoms with Gasteiger partial charge in [0.1, 0.15) is 0 Å². The van der Waals surface area contributed by atoms with Crippen LogP contribution in [0, 0.1) is 5.92 Å². The quantitative estimate of drug-likeness (QED) is 0.578. The molecule has 2 aliphatic heterocycles. The maximum absolute atomic E-state index is 11.6. The van der Waals surface area contributed by atoms with E-state index in [0.29, 0.717) is 0 Å². The third kappa shape index (κ3) is 3.67. The Bertz CT molecular complexity index is 838. The Hall–Kier alpha value is -1.63. The van der Waals surface area contributed by atoms with E-state index >= 15 is 0 Å². The van der Waals surface area contributed by atoms with E-state index in [-0.39, 0.29) is 30.2 Å². The summed E-state index contributed by atoms with van der Waals surface area (Å²) in [7, 11) is 1.15. The zero-order chi connectivity index (χ0) is 21.0. The topological polar surface area (TPSA) is 48.0 Å². The molecule has 2 saturated heterocycles. The molecular formula is C23H32BNO4. The van der Waals surface area contributed by atoms with Crippen molar-refractivity contribution in [3.63, 3.8) is 0 Å². The molecule has 0 saturated carbocycles. The average Bonchev–Trinajstić information content (AvgIpc) is 2.86. The predicted molar refractivity (Wildman–Crippen MR) is 115 cm³/mol. The number of carbonyl (C=O) groups is 1. The van der Waals surface area contributed by atoms with Crippen LogP contribution in [-0.4, -0.2) is 55.9 Å². The van der Waals surface area contributed by atoms with Crippen molar-refractivity contribution in [2.45, 2.75) is 58.7 Å². The summed E-state index contributed by atoms with van der Waals surface area (Å²) in [5, 5.41) is 0. The monoisotopic (exact) mass is 397 g/mol. The maximum atomic E-state index is 11.6. The van der Waals surface area contributed by atoms with Crippen molar-refractivity contribution in [3.8, 4) is 0 Å². The molecule has 0 spiro atoms. The van der Waals surface area contributed by atoms with Crippen molar-refractivity contribution in [1.82, 2.24) is 4.90 Å². The number of allylic oxidation sites excluding steroid dienone is 1. The number of ether oxygens (including phenoxy) is 1. The summed E-state index contributed by atoms with van der Waals surface area (Å²) >= 11 is 0. The minimum absolute atomic E-state index is 0.0410. The number of nitrogens with zero attached hydrogens (tertiary/aromatic N) is 1. The predicted octanol–water partition coefficient (Wildman–Crippen LogP) is 2.81. The zero-order valence-electron chi connectivity index (χ0n) is 18.5. The Morgan fingerprint density at radius 3 is 2.45 bits per heavy atom. The fourth-order valence-electron chi connectivity index (χ4n) is 4.46. The Balaban J connectivity index is 1.47. The molecule has 1 aliphatic carbocycles. The summed E-state index contributed by atoms with van der Waals surface area (Å²) in [6, 6.07) is 6.62. The van der Waals surface area contributed by atoms with E-state index in [9.17, 15) is 4.79 Å². The van der Waals surface area contributed by atoms with Gasteiger partial charge in [0.05, 0.1) is 24.2 Å². The van der Waals surface area contributed by atoms with Gasteiger partial charge in [-0.2, -0.15) is 0 Å². The lowest BCUT2D eigenvalue weighted by molar-refractivity contribution is -0.151. The molecule has 0 unspecified atom stereocenters. The van der Waals surface area contributed by atoms with Crippen LogP contribution in [0.4, 0.5) is 0 Å². The van der Waals surface area contributed by atoms with Gasteiger partial charge < -0.3 is 14.0 Å². The first-order valence-electron chi connectivity index (χ1n) is 10.6. The summed E-state index contributed by atoms with van der Waals surface area (Å²) in [6.07, 6.45) is 2.09. The molecule has 0 aromatic heterocycles. The highest BCUT2D eigenvalue weighted by molar-refractivity contribution is 6.62. The lowest BCUT2D eigenvalue weighted by Crippen LogP contribution is -2.51. The first-order chi connectivity index (χ1) is 13.6. The normalized spacial score (nSPS) is 23.7. The van der Waals surface area contributed by atoms with Gasteiger partial charge in [-0.1, -0.05) is 23.8 Å². The summed E-state index contributed by atoms with van der Waals surface area (Å²) < 4.78 is 17.3. The number of hydrogen-bond donors (Lipinski definition) is 0. The lowest BCUT2D eigenvalue weighted by atomic mass is 9.75. The summed E-state index contributed by atoms with van der Waals surface area (Å²) in [6.45, 7) is 13.1. The van der Waals surface area contributed by atoms with E-state index < -0.39 is 0 Å². The third-order valence-electron chi connectivity index (χ3n) is 7.19. The minimum atomic E-state index is -0.324. The number of esters is 1. The molecule has 6 heteroatoms. The molecule has 2 heterocycles. The molecule has 156 valence electrons. The fraction of sp³-hybridized carbons (Fsp3) is 0.609. The zero-order valence-corrected chi connectivity index (χ0v) is 18.5. The number of fused-ring (bicyclic) bond motifs is 1. The molecule has 0 N–H and O–H groups in total. The van der Waals surface area contributed by atoms with Gasteiger partial charge in [0.25, 0.3) is 0 Å². The van der Waals surface area contributed by atoms with Crippen molar-refractivity contribution >= 4 is 24.1 Å². The van der Waals surface area contributed by atoms with E-state index in [1.54, 1.807) is 0 Å². The summed E-state index contributed by atoms with van der Waals surface area (Å²) in [4.78, 5) is 13.9. The average molecular weight is 397 g/mol. The van der Waals surface area contributed by atoms with Gasteiger partial charge in [-0.25, -0.2) is 0 Å². The van der Waals surface area contributed by atoms with E-state index in [1.165, 1.54) is 29.4 Å². The molecule has 4 rings (SSSR count). The van der Waals surface area contributed by atoms with Gasteiger partial charge in [0.2, 0.25) is 0 Å². The van der Waals surface area contributed by atoms with Crippen LogP contribution in [0.25, 0.3) is 5.57 Å². The van der Waals surface area contributed by atoms with Gasteiger partial charge in [-0.05, 0) is 69.6 Å². The largest absolute Gasteiger partial charge is 0.494 e. The van der Waals surface area contributed by atoms with Crippen LogP contribution in [0.5, 0.6) is 0 Å². The number of aryl methyl sites for hydroxylation is 1. The van der Waals surface area contributed by atoms with Crippen molar-refractivity contribution < 1.29 is 18.8 Å². The highest BCUT2D eigenvalue weighted by Gasteiger charge is 2.51. The Labute approximate surface area is 174 Å². The van der Waals surface area contributed by atoms with Crippen LogP contribution < -0.4 is 5.46 Å². The summed E-state index contributed by atoms with van der Waals surface area (Å²) in [5.74, 6) is -0.0459. The fourth-order valence-corrected chi connectivity index (χ4v) is 4.46. The molecule has 2 fully saturated rings. The second kappa shape index (κ2) is 7.26. The van der Waals surface area contributed by atoms with Crippen molar-refractivity contribution in [1.29, 1.82) is 0 Å². The van der Waals surface area contributed by atoms with Gasteiger partial charge in [0, 0.05) is 19.6 Å². The lowest BCUT2D eigenvalue weighted by Gasteiger charge is -2.39. The molecular weight excluding hydrogens is 365 g/mol. The van der Waals surface area contributed by atoms with Crippen LogP contribution in [0.1, 0.15) is 52.2 Å². The van der Waals surface area contributed by atoms with E-state index in [1.807, 2.05) is 0 Å². The van der Waals surface area contributed by atoms with Crippen LogP contribution in [0.15, 0.2) is 23.8 Å². The van der Waals surface area contributed by atoms with Crippen LogP contribution in [-0.2, 0) is 25.3 Å². The highest BCUT2D eigenvalue weighted by Crippen LogP contribution is 2.37. The molecule has 0 amide bonds. The first-order valence-corrected chi connectivity index (χ1v) is 10.6. The van der Waals surface area contributed by atoms with Crippen LogP contribution >= 0.6 is 0 Å². The smallest absolute Gasteiger partial charge is 0.469 e. The van der Waals surface area contributed by atoms with Crippen molar-refractivity contribution in [2.24, 2.45) is 5.92 Å². The number of hydrogen-bond acceptors (Lipinski definition) is 5. The maximum Gasteiger partial charge on any atom is 0.494 e. The molecule has 5 nitrogen and oxygen atoms in total. The van der Waals surface area contributed by atoms with Crippen molar-refractivity contribution in [2.75, 3.05) is 26.7 Å². The van der Waals surface area contributed by atoms with Gasteiger partial charge >= 0.3 is 13.1 Å². The first kappa shape index (κ1) is 20.6. The van der Waals surface area contributed by atoms with Gasteiger partial charge in [-0.15, -0.1) is 0 Å². The Morgan fingerprint density at radius 1 is 1.17 bits per heavy atom. The molecule has 3 aliphatic rings. The van der Waals surface area contributed by atoms with Gasteiger partial charge in [0.15, 0.2) is 0 Å². The van der Waals surface area contributed by atoms with Crippen LogP contribution in [0.2, 0.25) is 0 Å². The highest BCUT2D eigenvalue weighted by atomic mass is 16.7. The third-order valence-corrected chi connectivity index (χ3v) is 7.19. The standard InChI is InChI=1S/C23H32BNO4/c1-15-17(12-25-13-18(14-25)21(26)27-6)8-7-16-11-19(9-10-20(15)16)24-28-22(2,3)23(4,5)29-24/h9-11,18H,7-8,12-14H2,1-6H3. The number of benzene rings is 1. The molecule has 29 heavy (non-hydrogen) atoms. The molecule has 0 bridgehead atoms. The molecule has 0 atom stereocenters. The van der Waals surface area contributed by atoms with Crippen LogP contribution in [0.3, 0.4) is 0 Å². The second-order valence-electron chi connectivity index (χ2n) is 9.65. The van der Waals surface area contributed by atoms with Crippen molar-refractivity contribution in [3.05, 3.63) is 34.9 Å². The Kier molecular flexibility index (Phi) is 5.16. The molecule has 0 radical (unpaired) electrons.